The minimum Gasteiger partial charge on any atom is -0.481 e. The van der Waals surface area contributed by atoms with E-state index >= 15 is 0 Å². The predicted molar refractivity (Wildman–Crippen MR) is 54.6 cm³/mol. The molecule has 0 bridgehead atoms. The fourth-order valence-electron chi connectivity index (χ4n) is 1.87. The third-order valence-corrected chi connectivity index (χ3v) is 2.65. The molecule has 0 saturated carbocycles. The average Bonchev–Trinajstić information content (AvgIpc) is 2.64. The van der Waals surface area contributed by atoms with Crippen LogP contribution in [-0.2, 0) is 24.1 Å². The van der Waals surface area contributed by atoms with Crippen LogP contribution in [0, 0.1) is 0 Å². The van der Waals surface area contributed by atoms with Gasteiger partial charge in [0.2, 0.25) is 0 Å². The van der Waals surface area contributed by atoms with Crippen molar-refractivity contribution in [3.05, 3.63) is 23.3 Å². The Balaban J connectivity index is 1.95. The fourth-order valence-corrected chi connectivity index (χ4v) is 1.87. The summed E-state index contributed by atoms with van der Waals surface area (Å²) in [4.78, 5) is 19.0. The van der Waals surface area contributed by atoms with Gasteiger partial charge in [0.15, 0.2) is 0 Å². The minimum atomic E-state index is -0.754. The van der Waals surface area contributed by atoms with Gasteiger partial charge < -0.3 is 5.11 Å². The van der Waals surface area contributed by atoms with Crippen molar-refractivity contribution in [3.63, 3.8) is 0 Å². The lowest BCUT2D eigenvalue weighted by atomic mass is 10.2. The molecule has 1 aliphatic carbocycles. The standard InChI is InChI=1S/C11H14N2O2/c14-11(15)6-2-5-10-12-7-8-3-1-4-9(8)13-10/h7H,1-6H2,(H,14,15). The largest absolute Gasteiger partial charge is 0.481 e. The van der Waals surface area contributed by atoms with E-state index in [0.717, 1.165) is 24.4 Å². The molecule has 4 nitrogen and oxygen atoms in total. The minimum absolute atomic E-state index is 0.195. The van der Waals surface area contributed by atoms with Crippen molar-refractivity contribution >= 4 is 5.97 Å². The second-order valence-corrected chi connectivity index (χ2v) is 3.86. The Bertz CT molecular complexity index is 377. The number of nitrogens with zero attached hydrogens (tertiary/aromatic N) is 2. The molecule has 0 atom stereocenters. The van der Waals surface area contributed by atoms with Crippen LogP contribution >= 0.6 is 0 Å². The summed E-state index contributed by atoms with van der Waals surface area (Å²) in [5.74, 6) is 0.0352. The zero-order valence-corrected chi connectivity index (χ0v) is 8.57. The van der Waals surface area contributed by atoms with Crippen LogP contribution in [0.15, 0.2) is 6.20 Å². The van der Waals surface area contributed by atoms with Gasteiger partial charge in [0.25, 0.3) is 0 Å². The van der Waals surface area contributed by atoms with Crippen LogP contribution < -0.4 is 0 Å². The molecule has 2 rings (SSSR count). The maximum atomic E-state index is 10.3. The van der Waals surface area contributed by atoms with Crippen molar-refractivity contribution in [2.24, 2.45) is 0 Å². The van der Waals surface area contributed by atoms with Crippen molar-refractivity contribution in [2.45, 2.75) is 38.5 Å². The van der Waals surface area contributed by atoms with E-state index in [1.54, 1.807) is 0 Å². The first kappa shape index (κ1) is 10.1. The molecule has 0 saturated heterocycles. The highest BCUT2D eigenvalue weighted by molar-refractivity contribution is 5.66. The van der Waals surface area contributed by atoms with Gasteiger partial charge in [0, 0.05) is 24.7 Å². The first-order valence-corrected chi connectivity index (χ1v) is 5.31. The summed E-state index contributed by atoms with van der Waals surface area (Å²) < 4.78 is 0. The molecule has 15 heavy (non-hydrogen) atoms. The summed E-state index contributed by atoms with van der Waals surface area (Å²) in [5, 5.41) is 8.51. The van der Waals surface area contributed by atoms with E-state index in [4.69, 9.17) is 5.11 Å². The van der Waals surface area contributed by atoms with Crippen LogP contribution in [0.5, 0.6) is 0 Å². The molecule has 0 aliphatic heterocycles. The summed E-state index contributed by atoms with van der Waals surface area (Å²) in [6, 6.07) is 0. The normalized spacial score (nSPS) is 13.9. The highest BCUT2D eigenvalue weighted by Crippen LogP contribution is 2.18. The Morgan fingerprint density at radius 1 is 1.47 bits per heavy atom. The van der Waals surface area contributed by atoms with Gasteiger partial charge in [-0.1, -0.05) is 0 Å². The van der Waals surface area contributed by atoms with Crippen LogP contribution in [0.4, 0.5) is 0 Å². The Kier molecular flexibility index (Phi) is 2.94. The lowest BCUT2D eigenvalue weighted by Gasteiger charge is -2.01. The molecule has 1 heterocycles. The van der Waals surface area contributed by atoms with Crippen molar-refractivity contribution in [3.8, 4) is 0 Å². The third kappa shape index (κ3) is 2.52. The van der Waals surface area contributed by atoms with Crippen LogP contribution in [0.2, 0.25) is 0 Å². The first-order chi connectivity index (χ1) is 7.25. The maximum Gasteiger partial charge on any atom is 0.303 e. The van der Waals surface area contributed by atoms with Gasteiger partial charge in [0.05, 0.1) is 0 Å². The molecule has 0 spiro atoms. The molecule has 4 heteroatoms. The summed E-state index contributed by atoms with van der Waals surface area (Å²) in [5.41, 5.74) is 2.42. The fraction of sp³-hybridized carbons (Fsp3) is 0.545. The van der Waals surface area contributed by atoms with Gasteiger partial charge in [-0.05, 0) is 31.2 Å². The van der Waals surface area contributed by atoms with Gasteiger partial charge >= 0.3 is 5.97 Å². The lowest BCUT2D eigenvalue weighted by Crippen LogP contribution is -2.01. The van der Waals surface area contributed by atoms with Gasteiger partial charge in [-0.25, -0.2) is 9.97 Å². The summed E-state index contributed by atoms with van der Waals surface area (Å²) in [7, 11) is 0. The van der Waals surface area contributed by atoms with Gasteiger partial charge in [-0.2, -0.15) is 0 Å². The number of carboxylic acid groups (broad SMARTS) is 1. The molecule has 1 N–H and O–H groups in total. The lowest BCUT2D eigenvalue weighted by molar-refractivity contribution is -0.137. The Labute approximate surface area is 88.4 Å². The van der Waals surface area contributed by atoms with E-state index < -0.39 is 5.97 Å². The van der Waals surface area contributed by atoms with E-state index in [1.807, 2.05) is 6.20 Å². The molecule has 80 valence electrons. The maximum absolute atomic E-state index is 10.3. The summed E-state index contributed by atoms with van der Waals surface area (Å²) in [6.07, 6.45) is 6.68. The average molecular weight is 206 g/mol. The SMILES string of the molecule is O=C(O)CCCc1ncc2c(n1)CCC2. The Morgan fingerprint density at radius 3 is 3.13 bits per heavy atom. The topological polar surface area (TPSA) is 63.1 Å². The van der Waals surface area contributed by atoms with Crippen LogP contribution in [0.25, 0.3) is 0 Å². The second kappa shape index (κ2) is 4.38. The van der Waals surface area contributed by atoms with Crippen molar-refractivity contribution in [1.82, 2.24) is 9.97 Å². The van der Waals surface area contributed by atoms with Gasteiger partial charge in [0.1, 0.15) is 5.82 Å². The van der Waals surface area contributed by atoms with Gasteiger partial charge in [-0.3, -0.25) is 4.79 Å². The molecule has 0 amide bonds. The number of rotatable bonds is 4. The first-order valence-electron chi connectivity index (χ1n) is 5.31. The number of carbonyl (C=O) groups is 1. The van der Waals surface area contributed by atoms with E-state index in [1.165, 1.54) is 12.0 Å². The molecule has 0 fully saturated rings. The molecule has 0 aromatic carbocycles. The summed E-state index contributed by atoms with van der Waals surface area (Å²) in [6.45, 7) is 0. The quantitative estimate of drug-likeness (QED) is 0.808. The Hall–Kier alpha value is -1.45. The number of aromatic nitrogens is 2. The Morgan fingerprint density at radius 2 is 2.33 bits per heavy atom. The van der Waals surface area contributed by atoms with Crippen LogP contribution in [-0.4, -0.2) is 21.0 Å². The molecule has 0 unspecified atom stereocenters. The highest BCUT2D eigenvalue weighted by Gasteiger charge is 2.13. The molecule has 1 aromatic rings. The zero-order chi connectivity index (χ0) is 10.7. The van der Waals surface area contributed by atoms with Crippen molar-refractivity contribution in [1.29, 1.82) is 0 Å². The summed E-state index contributed by atoms with van der Waals surface area (Å²) >= 11 is 0. The number of carboxylic acids is 1. The molecule has 1 aromatic heterocycles. The number of hydrogen-bond acceptors (Lipinski definition) is 3. The van der Waals surface area contributed by atoms with Crippen LogP contribution in [0.3, 0.4) is 0 Å². The van der Waals surface area contributed by atoms with Crippen LogP contribution in [0.1, 0.15) is 36.3 Å². The number of aliphatic carboxylic acids is 1. The monoisotopic (exact) mass is 206 g/mol. The molecule has 1 aliphatic rings. The number of aryl methyl sites for hydroxylation is 3. The van der Waals surface area contributed by atoms with E-state index in [-0.39, 0.29) is 6.42 Å². The molecular formula is C11H14N2O2. The van der Waals surface area contributed by atoms with E-state index in [2.05, 4.69) is 9.97 Å². The number of fused-ring (bicyclic) bond motifs is 1. The smallest absolute Gasteiger partial charge is 0.303 e. The van der Waals surface area contributed by atoms with E-state index in [9.17, 15) is 4.79 Å². The third-order valence-electron chi connectivity index (χ3n) is 2.65. The zero-order valence-electron chi connectivity index (χ0n) is 8.57. The number of hydrogen-bond donors (Lipinski definition) is 1. The van der Waals surface area contributed by atoms with Crippen molar-refractivity contribution in [2.75, 3.05) is 0 Å². The highest BCUT2D eigenvalue weighted by atomic mass is 16.4. The second-order valence-electron chi connectivity index (χ2n) is 3.86. The van der Waals surface area contributed by atoms with Crippen molar-refractivity contribution < 1.29 is 9.90 Å². The van der Waals surface area contributed by atoms with E-state index in [0.29, 0.717) is 12.8 Å². The predicted octanol–water partition coefficient (Wildman–Crippen LogP) is 1.37. The molecule has 0 radical (unpaired) electrons. The molecular weight excluding hydrogens is 192 g/mol. The van der Waals surface area contributed by atoms with Gasteiger partial charge in [-0.15, -0.1) is 0 Å².